The van der Waals surface area contributed by atoms with Gasteiger partial charge < -0.3 is 15.0 Å². The Morgan fingerprint density at radius 1 is 1.50 bits per heavy atom. The van der Waals surface area contributed by atoms with Gasteiger partial charge in [-0.15, -0.1) is 0 Å². The van der Waals surface area contributed by atoms with Gasteiger partial charge in [0.1, 0.15) is 12.3 Å². The maximum absolute atomic E-state index is 12.1. The third-order valence-corrected chi connectivity index (χ3v) is 3.32. The molecule has 2 heterocycles. The van der Waals surface area contributed by atoms with Crippen molar-refractivity contribution in [2.75, 3.05) is 5.73 Å². The van der Waals surface area contributed by atoms with Crippen molar-refractivity contribution in [3.63, 3.8) is 0 Å². The Kier molecular flexibility index (Phi) is 3.18. The van der Waals surface area contributed by atoms with Gasteiger partial charge in [0.15, 0.2) is 0 Å². The fourth-order valence-corrected chi connectivity index (χ4v) is 2.21. The van der Waals surface area contributed by atoms with Crippen LogP contribution >= 0.6 is 0 Å². The van der Waals surface area contributed by atoms with Gasteiger partial charge in [0.25, 0.3) is 0 Å². The Balaban J connectivity index is 1.70. The van der Waals surface area contributed by atoms with Crippen molar-refractivity contribution in [3.05, 3.63) is 47.5 Å². The van der Waals surface area contributed by atoms with Gasteiger partial charge >= 0.3 is 5.97 Å². The van der Waals surface area contributed by atoms with Gasteiger partial charge in [0.2, 0.25) is 0 Å². The second-order valence-electron chi connectivity index (χ2n) is 5.14. The molecule has 0 saturated heterocycles. The van der Waals surface area contributed by atoms with Crippen LogP contribution in [-0.4, -0.2) is 15.5 Å². The minimum Gasteiger partial charge on any atom is -0.455 e. The van der Waals surface area contributed by atoms with E-state index in [2.05, 4.69) is 4.98 Å². The number of esters is 1. The first kappa shape index (κ1) is 12.7. The number of hydrogen-bond acceptors (Lipinski definition) is 4. The molecule has 20 heavy (non-hydrogen) atoms. The average Bonchev–Trinajstić information content (AvgIpc) is 3.19. The molecule has 3 rings (SSSR count). The lowest BCUT2D eigenvalue weighted by Gasteiger charge is -2.08. The molecule has 0 amide bonds. The molecule has 2 aromatic heterocycles. The Morgan fingerprint density at radius 2 is 2.30 bits per heavy atom. The normalized spacial score (nSPS) is 14.2. The summed E-state index contributed by atoms with van der Waals surface area (Å²) in [6, 6.07) is 7.71. The van der Waals surface area contributed by atoms with Crippen LogP contribution in [0.1, 0.15) is 40.8 Å². The predicted molar refractivity (Wildman–Crippen MR) is 75.2 cm³/mol. The molecule has 104 valence electrons. The van der Waals surface area contributed by atoms with Crippen LogP contribution in [0.25, 0.3) is 0 Å². The summed E-state index contributed by atoms with van der Waals surface area (Å²) < 4.78 is 7.24. The SMILES string of the molecule is Cc1cccc(COC(=O)c2cc(N)cn2C2CC2)n1. The van der Waals surface area contributed by atoms with Crippen LogP contribution in [0.4, 0.5) is 5.69 Å². The molecule has 0 atom stereocenters. The molecule has 1 aliphatic carbocycles. The monoisotopic (exact) mass is 271 g/mol. The highest BCUT2D eigenvalue weighted by Crippen LogP contribution is 2.37. The van der Waals surface area contributed by atoms with Crippen LogP contribution in [-0.2, 0) is 11.3 Å². The van der Waals surface area contributed by atoms with Crippen LogP contribution in [0.2, 0.25) is 0 Å². The number of ether oxygens (including phenoxy) is 1. The molecular weight excluding hydrogens is 254 g/mol. The summed E-state index contributed by atoms with van der Waals surface area (Å²) in [6.07, 6.45) is 3.99. The lowest BCUT2D eigenvalue weighted by Crippen LogP contribution is -2.11. The second-order valence-corrected chi connectivity index (χ2v) is 5.14. The van der Waals surface area contributed by atoms with Crippen molar-refractivity contribution in [2.45, 2.75) is 32.4 Å². The van der Waals surface area contributed by atoms with E-state index < -0.39 is 0 Å². The molecule has 0 unspecified atom stereocenters. The smallest absolute Gasteiger partial charge is 0.355 e. The van der Waals surface area contributed by atoms with E-state index in [1.807, 2.05) is 29.7 Å². The Morgan fingerprint density at radius 3 is 3.00 bits per heavy atom. The summed E-state index contributed by atoms with van der Waals surface area (Å²) in [6.45, 7) is 2.08. The molecule has 2 N–H and O–H groups in total. The van der Waals surface area contributed by atoms with E-state index in [-0.39, 0.29) is 12.6 Å². The fraction of sp³-hybridized carbons (Fsp3) is 0.333. The van der Waals surface area contributed by atoms with E-state index in [4.69, 9.17) is 10.5 Å². The number of carbonyl (C=O) groups excluding carboxylic acids is 1. The quantitative estimate of drug-likeness (QED) is 0.867. The molecule has 0 spiro atoms. The van der Waals surface area contributed by atoms with E-state index in [1.54, 1.807) is 12.3 Å². The Hall–Kier alpha value is -2.30. The molecule has 1 aliphatic rings. The number of anilines is 1. The Labute approximate surface area is 117 Å². The number of aryl methyl sites for hydroxylation is 1. The van der Waals surface area contributed by atoms with E-state index in [0.29, 0.717) is 17.4 Å². The van der Waals surface area contributed by atoms with Gasteiger partial charge in [-0.3, -0.25) is 4.98 Å². The van der Waals surface area contributed by atoms with Crippen LogP contribution < -0.4 is 5.73 Å². The number of carbonyl (C=O) groups is 1. The van der Waals surface area contributed by atoms with Crippen molar-refractivity contribution in [1.29, 1.82) is 0 Å². The van der Waals surface area contributed by atoms with E-state index >= 15 is 0 Å². The van der Waals surface area contributed by atoms with Crippen molar-refractivity contribution in [3.8, 4) is 0 Å². The number of rotatable bonds is 4. The lowest BCUT2D eigenvalue weighted by molar-refractivity contribution is 0.0454. The third-order valence-electron chi connectivity index (χ3n) is 3.32. The predicted octanol–water partition coefficient (Wildman–Crippen LogP) is 2.47. The summed E-state index contributed by atoms with van der Waals surface area (Å²) in [5, 5.41) is 0. The zero-order valence-electron chi connectivity index (χ0n) is 11.4. The standard InChI is InChI=1S/C15H17N3O2/c1-10-3-2-4-12(17-10)9-20-15(19)14-7-11(16)8-18(14)13-5-6-13/h2-4,7-8,13H,5-6,9,16H2,1H3. The molecule has 5 heteroatoms. The molecule has 2 aromatic rings. The number of nitrogen functional groups attached to an aromatic ring is 1. The maximum Gasteiger partial charge on any atom is 0.355 e. The van der Waals surface area contributed by atoms with Gasteiger partial charge in [0.05, 0.1) is 11.4 Å². The fourth-order valence-electron chi connectivity index (χ4n) is 2.21. The van der Waals surface area contributed by atoms with Gasteiger partial charge in [-0.05, 0) is 38.0 Å². The first-order chi connectivity index (χ1) is 9.63. The first-order valence-electron chi connectivity index (χ1n) is 6.70. The summed E-state index contributed by atoms with van der Waals surface area (Å²) in [5.74, 6) is -0.350. The minimum atomic E-state index is -0.350. The van der Waals surface area contributed by atoms with E-state index in [1.165, 1.54) is 0 Å². The minimum absolute atomic E-state index is 0.177. The average molecular weight is 271 g/mol. The zero-order chi connectivity index (χ0) is 14.1. The summed E-state index contributed by atoms with van der Waals surface area (Å²) in [4.78, 5) is 16.4. The highest BCUT2D eigenvalue weighted by molar-refractivity contribution is 5.89. The van der Waals surface area contributed by atoms with Crippen LogP contribution in [0, 0.1) is 6.92 Å². The van der Waals surface area contributed by atoms with Crippen molar-refractivity contribution in [2.24, 2.45) is 0 Å². The highest BCUT2D eigenvalue weighted by Gasteiger charge is 2.28. The van der Waals surface area contributed by atoms with Crippen molar-refractivity contribution < 1.29 is 9.53 Å². The van der Waals surface area contributed by atoms with E-state index in [0.717, 1.165) is 24.2 Å². The van der Waals surface area contributed by atoms with Crippen LogP contribution in [0.5, 0.6) is 0 Å². The topological polar surface area (TPSA) is 70.1 Å². The number of aromatic nitrogens is 2. The highest BCUT2D eigenvalue weighted by atomic mass is 16.5. The van der Waals surface area contributed by atoms with Gasteiger partial charge in [-0.25, -0.2) is 4.79 Å². The molecule has 0 bridgehead atoms. The molecule has 0 aliphatic heterocycles. The second kappa shape index (κ2) is 5.00. The molecule has 1 fully saturated rings. The van der Waals surface area contributed by atoms with Crippen molar-refractivity contribution >= 4 is 11.7 Å². The molecule has 1 saturated carbocycles. The van der Waals surface area contributed by atoms with Gasteiger partial charge in [-0.2, -0.15) is 0 Å². The summed E-state index contributed by atoms with van der Waals surface area (Å²) in [7, 11) is 0. The molecule has 0 aromatic carbocycles. The lowest BCUT2D eigenvalue weighted by atomic mass is 10.3. The maximum atomic E-state index is 12.1. The molecule has 5 nitrogen and oxygen atoms in total. The largest absolute Gasteiger partial charge is 0.455 e. The summed E-state index contributed by atoms with van der Waals surface area (Å²) >= 11 is 0. The number of hydrogen-bond donors (Lipinski definition) is 1. The van der Waals surface area contributed by atoms with E-state index in [9.17, 15) is 4.79 Å². The number of pyridine rings is 1. The van der Waals surface area contributed by atoms with Crippen molar-refractivity contribution in [1.82, 2.24) is 9.55 Å². The van der Waals surface area contributed by atoms with Gasteiger partial charge in [-0.1, -0.05) is 6.07 Å². The van der Waals surface area contributed by atoms with Crippen LogP contribution in [0.15, 0.2) is 30.5 Å². The third kappa shape index (κ3) is 2.66. The van der Waals surface area contributed by atoms with Crippen LogP contribution in [0.3, 0.4) is 0 Å². The summed E-state index contributed by atoms with van der Waals surface area (Å²) in [5.41, 5.74) is 8.54. The number of nitrogens with two attached hydrogens (primary N) is 1. The first-order valence-corrected chi connectivity index (χ1v) is 6.70. The zero-order valence-corrected chi connectivity index (χ0v) is 11.4. The molecule has 0 radical (unpaired) electrons. The Bertz CT molecular complexity index is 644. The molecular formula is C15H17N3O2. The number of nitrogens with zero attached hydrogens (tertiary/aromatic N) is 2. The van der Waals surface area contributed by atoms with Gasteiger partial charge in [0, 0.05) is 17.9 Å².